The summed E-state index contributed by atoms with van der Waals surface area (Å²) in [5, 5.41) is 11.1. The van der Waals surface area contributed by atoms with E-state index in [0.717, 1.165) is 19.4 Å². The first-order valence-corrected chi connectivity index (χ1v) is 8.25. The molecule has 23 heavy (non-hydrogen) atoms. The molecule has 0 aliphatic carbocycles. The second kappa shape index (κ2) is 5.42. The van der Waals surface area contributed by atoms with Crippen molar-refractivity contribution in [2.45, 2.75) is 49.9 Å². The van der Waals surface area contributed by atoms with Crippen LogP contribution in [-0.2, 0) is 19.2 Å². The van der Waals surface area contributed by atoms with E-state index in [1.807, 2.05) is 24.1 Å². The second-order valence-electron chi connectivity index (χ2n) is 6.97. The number of aryl methyl sites for hydroxylation is 1. The van der Waals surface area contributed by atoms with Crippen LogP contribution in [0.15, 0.2) is 36.8 Å². The fraction of sp³-hybridized carbons (Fsp3) is 0.500. The molecule has 2 saturated heterocycles. The fourth-order valence-electron chi connectivity index (χ4n) is 4.36. The Morgan fingerprint density at radius 2 is 1.96 bits per heavy atom. The minimum atomic E-state index is -1.04. The molecule has 122 valence electrons. The lowest BCUT2D eigenvalue weighted by atomic mass is 9.80. The van der Waals surface area contributed by atoms with E-state index in [-0.39, 0.29) is 5.82 Å². The lowest BCUT2D eigenvalue weighted by Crippen LogP contribution is -2.49. The van der Waals surface area contributed by atoms with Crippen LogP contribution in [0.3, 0.4) is 0 Å². The molecule has 4 rings (SSSR count). The average Bonchev–Trinajstić information content (AvgIpc) is 3.03. The minimum absolute atomic E-state index is 0.297. The van der Waals surface area contributed by atoms with Crippen LogP contribution in [0.25, 0.3) is 0 Å². The summed E-state index contributed by atoms with van der Waals surface area (Å²) in [5.41, 5.74) is 0.593. The van der Waals surface area contributed by atoms with Gasteiger partial charge < -0.3 is 9.67 Å². The summed E-state index contributed by atoms with van der Waals surface area (Å²) in [5.74, 6) is -0.297. The highest BCUT2D eigenvalue weighted by atomic mass is 19.1. The summed E-state index contributed by atoms with van der Waals surface area (Å²) >= 11 is 0. The highest BCUT2D eigenvalue weighted by Gasteiger charge is 2.49. The Kier molecular flexibility index (Phi) is 3.50. The summed E-state index contributed by atoms with van der Waals surface area (Å²) in [6.45, 7) is 0.846. The average molecular weight is 315 g/mol. The summed E-state index contributed by atoms with van der Waals surface area (Å²) in [7, 11) is 2.00. The van der Waals surface area contributed by atoms with Crippen molar-refractivity contribution in [1.29, 1.82) is 0 Å². The number of fused-ring (bicyclic) bond motifs is 2. The van der Waals surface area contributed by atoms with E-state index in [0.29, 0.717) is 30.5 Å². The maximum Gasteiger partial charge on any atom is 0.129 e. The topological polar surface area (TPSA) is 41.3 Å². The highest BCUT2D eigenvalue weighted by molar-refractivity contribution is 5.27. The molecule has 0 amide bonds. The van der Waals surface area contributed by atoms with Crippen LogP contribution in [-0.4, -0.2) is 31.6 Å². The molecular formula is C18H22FN3O. The number of benzene rings is 1. The van der Waals surface area contributed by atoms with E-state index in [1.54, 1.807) is 18.2 Å². The first kappa shape index (κ1) is 14.8. The van der Waals surface area contributed by atoms with E-state index in [1.165, 1.54) is 11.8 Å². The molecule has 5 heteroatoms. The zero-order valence-electron chi connectivity index (χ0n) is 13.3. The van der Waals surface area contributed by atoms with Crippen LogP contribution in [0.4, 0.5) is 4.39 Å². The van der Waals surface area contributed by atoms with Crippen molar-refractivity contribution in [1.82, 2.24) is 14.5 Å². The lowest BCUT2D eigenvalue weighted by molar-refractivity contribution is -0.0620. The Morgan fingerprint density at radius 1 is 1.26 bits per heavy atom. The van der Waals surface area contributed by atoms with Crippen molar-refractivity contribution in [3.05, 3.63) is 53.9 Å². The van der Waals surface area contributed by atoms with Gasteiger partial charge in [-0.15, -0.1) is 0 Å². The van der Waals surface area contributed by atoms with E-state index in [4.69, 9.17) is 0 Å². The standard InChI is InChI=1S/C18H22FN3O/c1-21-12-20-10-15(21)11-22-13-6-7-14(22)9-18(23,8-13)16-4-2-3-5-17(16)19/h2-5,10,12-14,23H,6-9,11H2,1H3/t13-,14+,18?. The smallest absolute Gasteiger partial charge is 0.129 e. The number of aliphatic hydroxyl groups is 1. The quantitative estimate of drug-likeness (QED) is 0.946. The van der Waals surface area contributed by atoms with Gasteiger partial charge in [0.2, 0.25) is 0 Å². The van der Waals surface area contributed by atoms with Gasteiger partial charge in [-0.3, -0.25) is 4.90 Å². The molecule has 1 unspecified atom stereocenters. The number of hydrogen-bond donors (Lipinski definition) is 1. The monoisotopic (exact) mass is 315 g/mol. The minimum Gasteiger partial charge on any atom is -0.385 e. The largest absolute Gasteiger partial charge is 0.385 e. The molecule has 2 aliphatic heterocycles. The highest BCUT2D eigenvalue weighted by Crippen LogP contribution is 2.46. The van der Waals surface area contributed by atoms with Gasteiger partial charge in [0.15, 0.2) is 0 Å². The number of halogens is 1. The molecule has 2 bridgehead atoms. The Hall–Kier alpha value is -1.72. The number of hydrogen-bond acceptors (Lipinski definition) is 3. The molecular weight excluding hydrogens is 293 g/mol. The van der Waals surface area contributed by atoms with Crippen molar-refractivity contribution in [3.8, 4) is 0 Å². The third-order valence-corrected chi connectivity index (χ3v) is 5.55. The van der Waals surface area contributed by atoms with Crippen molar-refractivity contribution in [2.24, 2.45) is 7.05 Å². The van der Waals surface area contributed by atoms with Crippen LogP contribution < -0.4 is 0 Å². The van der Waals surface area contributed by atoms with Crippen LogP contribution in [0.2, 0.25) is 0 Å². The van der Waals surface area contributed by atoms with Crippen LogP contribution in [0.1, 0.15) is 36.9 Å². The van der Waals surface area contributed by atoms with E-state index < -0.39 is 5.60 Å². The molecule has 1 aromatic carbocycles. The first-order valence-electron chi connectivity index (χ1n) is 8.25. The van der Waals surface area contributed by atoms with E-state index in [2.05, 4.69) is 9.88 Å². The molecule has 1 aromatic heterocycles. The molecule has 0 spiro atoms. The van der Waals surface area contributed by atoms with Gasteiger partial charge in [0.1, 0.15) is 5.82 Å². The summed E-state index contributed by atoms with van der Waals surface area (Å²) in [6.07, 6.45) is 7.05. The maximum absolute atomic E-state index is 14.2. The number of piperidine rings is 1. The Bertz CT molecular complexity index is 700. The Labute approximate surface area is 135 Å². The van der Waals surface area contributed by atoms with Gasteiger partial charge in [-0.1, -0.05) is 18.2 Å². The van der Waals surface area contributed by atoms with Crippen LogP contribution in [0, 0.1) is 5.82 Å². The molecule has 2 aliphatic rings. The molecule has 0 saturated carbocycles. The molecule has 2 fully saturated rings. The van der Waals surface area contributed by atoms with Gasteiger partial charge in [-0.05, 0) is 31.7 Å². The predicted octanol–water partition coefficient (Wildman–Crippen LogP) is 2.57. The molecule has 3 heterocycles. The van der Waals surface area contributed by atoms with Crippen LogP contribution in [0.5, 0.6) is 0 Å². The van der Waals surface area contributed by atoms with Crippen molar-refractivity contribution in [3.63, 3.8) is 0 Å². The molecule has 4 nitrogen and oxygen atoms in total. The zero-order chi connectivity index (χ0) is 16.0. The van der Waals surface area contributed by atoms with E-state index >= 15 is 0 Å². The fourth-order valence-corrected chi connectivity index (χ4v) is 4.36. The molecule has 1 N–H and O–H groups in total. The van der Waals surface area contributed by atoms with Gasteiger partial charge in [0.25, 0.3) is 0 Å². The number of aromatic nitrogens is 2. The SMILES string of the molecule is Cn1cncc1CN1[C@@H]2CC[C@H]1CC(O)(c1ccccc1F)C2. The molecule has 3 atom stereocenters. The summed E-state index contributed by atoms with van der Waals surface area (Å²) in [4.78, 5) is 6.65. The Balaban J connectivity index is 1.58. The Morgan fingerprint density at radius 3 is 2.57 bits per heavy atom. The lowest BCUT2D eigenvalue weighted by Gasteiger charge is -2.44. The van der Waals surface area contributed by atoms with Crippen molar-refractivity contribution in [2.75, 3.05) is 0 Å². The van der Waals surface area contributed by atoms with Crippen molar-refractivity contribution >= 4 is 0 Å². The normalized spacial score (nSPS) is 30.7. The third kappa shape index (κ3) is 2.48. The number of rotatable bonds is 3. The maximum atomic E-state index is 14.2. The van der Waals surface area contributed by atoms with Crippen molar-refractivity contribution < 1.29 is 9.50 Å². The summed E-state index contributed by atoms with van der Waals surface area (Å²) < 4.78 is 16.2. The number of imidazole rings is 1. The first-order chi connectivity index (χ1) is 11.1. The zero-order valence-corrected chi connectivity index (χ0v) is 13.3. The predicted molar refractivity (Wildman–Crippen MR) is 85.1 cm³/mol. The van der Waals surface area contributed by atoms with Gasteiger partial charge in [-0.25, -0.2) is 9.37 Å². The second-order valence-corrected chi connectivity index (χ2v) is 6.97. The summed E-state index contributed by atoms with van der Waals surface area (Å²) in [6, 6.07) is 7.25. The van der Waals surface area contributed by atoms with Gasteiger partial charge in [0, 0.05) is 37.4 Å². The number of nitrogens with zero attached hydrogens (tertiary/aromatic N) is 3. The molecule has 0 radical (unpaired) electrons. The van der Waals surface area contributed by atoms with Gasteiger partial charge in [0.05, 0.1) is 17.6 Å². The van der Waals surface area contributed by atoms with Crippen LogP contribution >= 0.6 is 0 Å². The molecule has 2 aromatic rings. The van der Waals surface area contributed by atoms with Gasteiger partial charge in [-0.2, -0.15) is 0 Å². The third-order valence-electron chi connectivity index (χ3n) is 5.55. The van der Waals surface area contributed by atoms with Gasteiger partial charge >= 0.3 is 0 Å². The van der Waals surface area contributed by atoms with E-state index in [9.17, 15) is 9.50 Å².